The van der Waals surface area contributed by atoms with Crippen molar-refractivity contribution in [3.8, 4) is 0 Å². The monoisotopic (exact) mass is 351 g/mol. The molecule has 1 aliphatic heterocycles. The molecule has 2 bridgehead atoms. The molecule has 4 heteroatoms. The van der Waals surface area contributed by atoms with Crippen molar-refractivity contribution in [2.45, 2.75) is 33.2 Å². The number of pyridine rings is 1. The zero-order chi connectivity index (χ0) is 17.9. The van der Waals surface area contributed by atoms with E-state index in [9.17, 15) is 4.79 Å². The number of rotatable bonds is 5. The molecule has 0 radical (unpaired) electrons. The molecule has 1 N–H and O–H groups in total. The number of piperidine rings is 1. The predicted octanol–water partition coefficient (Wildman–Crippen LogP) is 2.87. The minimum atomic E-state index is 0.227. The third kappa shape index (κ3) is 2.61. The minimum absolute atomic E-state index is 0.227. The summed E-state index contributed by atoms with van der Waals surface area (Å²) in [5.41, 5.74) is 3.12. The standard InChI is InChI=1S/C22H29N3O/c1-22(2)15-7-6-14(19(22)9-15)11-25-12-17-18(13-25)20(17)21(26)24-10-16-5-3-4-8-23-16/h3-6,8,15,17-20H,7,9-13H2,1-2H3,(H,24,26)/t15-,17-,18+,19-,20?/m0/s1. The van der Waals surface area contributed by atoms with Crippen LogP contribution in [0, 0.1) is 35.0 Å². The maximum atomic E-state index is 12.5. The van der Waals surface area contributed by atoms with Crippen molar-refractivity contribution in [1.82, 2.24) is 15.2 Å². The molecule has 0 aromatic carbocycles. The molecule has 1 unspecified atom stereocenters. The molecule has 1 aromatic rings. The zero-order valence-electron chi connectivity index (χ0n) is 15.8. The second kappa shape index (κ2) is 5.91. The molecule has 4 aliphatic carbocycles. The van der Waals surface area contributed by atoms with E-state index in [1.807, 2.05) is 18.2 Å². The van der Waals surface area contributed by atoms with Crippen LogP contribution in [0.1, 0.15) is 32.4 Å². The number of aromatic nitrogens is 1. The number of hydrogen-bond acceptors (Lipinski definition) is 3. The van der Waals surface area contributed by atoms with Gasteiger partial charge >= 0.3 is 0 Å². The summed E-state index contributed by atoms with van der Waals surface area (Å²) < 4.78 is 0. The molecule has 26 heavy (non-hydrogen) atoms. The highest BCUT2D eigenvalue weighted by atomic mass is 16.2. The van der Waals surface area contributed by atoms with Crippen molar-refractivity contribution in [2.24, 2.45) is 35.0 Å². The Bertz CT molecular complexity index is 729. The van der Waals surface area contributed by atoms with Gasteiger partial charge in [0.05, 0.1) is 12.2 Å². The molecule has 138 valence electrons. The van der Waals surface area contributed by atoms with E-state index in [1.165, 1.54) is 12.8 Å². The largest absolute Gasteiger partial charge is 0.350 e. The van der Waals surface area contributed by atoms with E-state index in [0.717, 1.165) is 37.2 Å². The quantitative estimate of drug-likeness (QED) is 0.830. The Kier molecular flexibility index (Phi) is 3.75. The van der Waals surface area contributed by atoms with E-state index >= 15 is 0 Å². The van der Waals surface area contributed by atoms with E-state index in [-0.39, 0.29) is 11.8 Å². The molecular weight excluding hydrogens is 322 g/mol. The van der Waals surface area contributed by atoms with E-state index in [4.69, 9.17) is 0 Å². The molecule has 6 rings (SSSR count). The van der Waals surface area contributed by atoms with Gasteiger partial charge in [0.15, 0.2) is 0 Å². The van der Waals surface area contributed by atoms with Crippen LogP contribution in [-0.2, 0) is 11.3 Å². The van der Waals surface area contributed by atoms with Crippen molar-refractivity contribution in [3.05, 3.63) is 41.7 Å². The van der Waals surface area contributed by atoms with Gasteiger partial charge in [-0.25, -0.2) is 0 Å². The van der Waals surface area contributed by atoms with Gasteiger partial charge in [0.25, 0.3) is 0 Å². The normalized spacial score (nSPS) is 36.7. The van der Waals surface area contributed by atoms with Crippen LogP contribution in [0.3, 0.4) is 0 Å². The maximum absolute atomic E-state index is 12.5. The summed E-state index contributed by atoms with van der Waals surface area (Å²) in [5.74, 6) is 3.33. The highest BCUT2D eigenvalue weighted by molar-refractivity contribution is 5.82. The molecule has 1 saturated heterocycles. The van der Waals surface area contributed by atoms with Crippen LogP contribution < -0.4 is 5.32 Å². The zero-order valence-corrected chi connectivity index (χ0v) is 15.8. The number of carbonyl (C=O) groups excluding carboxylic acids is 1. The van der Waals surface area contributed by atoms with Crippen molar-refractivity contribution >= 4 is 5.91 Å². The molecule has 2 saturated carbocycles. The van der Waals surface area contributed by atoms with Crippen LogP contribution in [0.5, 0.6) is 0 Å². The van der Waals surface area contributed by atoms with Crippen LogP contribution in [-0.4, -0.2) is 35.4 Å². The van der Waals surface area contributed by atoms with E-state index in [1.54, 1.807) is 11.8 Å². The predicted molar refractivity (Wildman–Crippen MR) is 101 cm³/mol. The first-order chi connectivity index (χ1) is 12.5. The average Bonchev–Trinajstić information content (AvgIpc) is 3.16. The fraction of sp³-hybridized carbons (Fsp3) is 0.636. The fourth-order valence-electron chi connectivity index (χ4n) is 5.84. The van der Waals surface area contributed by atoms with Crippen molar-refractivity contribution < 1.29 is 4.79 Å². The van der Waals surface area contributed by atoms with E-state index in [0.29, 0.717) is 23.8 Å². The average molecular weight is 351 g/mol. The second-order valence-electron chi connectivity index (χ2n) is 9.41. The number of carbonyl (C=O) groups is 1. The highest BCUT2D eigenvalue weighted by Crippen LogP contribution is 2.60. The first kappa shape index (κ1) is 16.5. The number of fused-ring (bicyclic) bond motifs is 2. The summed E-state index contributed by atoms with van der Waals surface area (Å²) in [6, 6.07) is 5.82. The Morgan fingerprint density at radius 3 is 2.77 bits per heavy atom. The van der Waals surface area contributed by atoms with Crippen molar-refractivity contribution in [3.63, 3.8) is 0 Å². The molecule has 5 aliphatic rings. The fourth-order valence-corrected chi connectivity index (χ4v) is 5.84. The van der Waals surface area contributed by atoms with Gasteiger partial charge in [-0.15, -0.1) is 0 Å². The first-order valence-corrected chi connectivity index (χ1v) is 10.1. The van der Waals surface area contributed by atoms with Gasteiger partial charge in [-0.05, 0) is 54.1 Å². The lowest BCUT2D eigenvalue weighted by Crippen LogP contribution is -2.49. The first-order valence-electron chi connectivity index (χ1n) is 10.1. The number of allylic oxidation sites excluding steroid dienone is 1. The Morgan fingerprint density at radius 2 is 2.12 bits per heavy atom. The van der Waals surface area contributed by atoms with Crippen molar-refractivity contribution in [2.75, 3.05) is 19.6 Å². The Balaban J connectivity index is 1.11. The Labute approximate surface area is 156 Å². The van der Waals surface area contributed by atoms with Gasteiger partial charge in [-0.3, -0.25) is 14.7 Å². The maximum Gasteiger partial charge on any atom is 0.224 e. The molecule has 4 nitrogen and oxygen atoms in total. The van der Waals surface area contributed by atoms with E-state index < -0.39 is 0 Å². The number of nitrogens with one attached hydrogen (secondary N) is 1. The van der Waals surface area contributed by atoms with Gasteiger partial charge in [-0.1, -0.05) is 31.6 Å². The lowest BCUT2D eigenvalue weighted by molar-refractivity contribution is -0.123. The van der Waals surface area contributed by atoms with Crippen LogP contribution in [0.25, 0.3) is 0 Å². The summed E-state index contributed by atoms with van der Waals surface area (Å²) in [6.07, 6.45) is 6.97. The van der Waals surface area contributed by atoms with Crippen LogP contribution in [0.15, 0.2) is 36.0 Å². The molecule has 5 atom stereocenters. The van der Waals surface area contributed by atoms with Crippen LogP contribution in [0.2, 0.25) is 0 Å². The van der Waals surface area contributed by atoms with Gasteiger partial charge in [0.2, 0.25) is 5.91 Å². The summed E-state index contributed by atoms with van der Waals surface area (Å²) in [4.78, 5) is 19.3. The molecule has 2 heterocycles. The topological polar surface area (TPSA) is 45.2 Å². The highest BCUT2D eigenvalue weighted by Gasteiger charge is 2.59. The Morgan fingerprint density at radius 1 is 1.31 bits per heavy atom. The lowest BCUT2D eigenvalue weighted by Gasteiger charge is -2.57. The summed E-state index contributed by atoms with van der Waals surface area (Å²) >= 11 is 0. The molecule has 3 fully saturated rings. The molecule has 1 amide bonds. The van der Waals surface area contributed by atoms with Gasteiger partial charge < -0.3 is 5.32 Å². The SMILES string of the molecule is CC1(C)[C@H]2CC=C(CN3C[C@@H]4C(C(=O)NCc5ccccn5)[C@@H]4C3)[C@@H]1C2. The number of hydrogen-bond donors (Lipinski definition) is 1. The molecule has 0 spiro atoms. The third-order valence-electron chi connectivity index (χ3n) is 7.73. The number of nitrogens with zero attached hydrogens (tertiary/aromatic N) is 2. The summed E-state index contributed by atoms with van der Waals surface area (Å²) in [5, 5.41) is 3.08. The smallest absolute Gasteiger partial charge is 0.224 e. The molecular formula is C22H29N3O. The summed E-state index contributed by atoms with van der Waals surface area (Å²) in [6.45, 7) is 8.77. The van der Waals surface area contributed by atoms with Gasteiger partial charge in [0.1, 0.15) is 0 Å². The summed E-state index contributed by atoms with van der Waals surface area (Å²) in [7, 11) is 0. The third-order valence-corrected chi connectivity index (χ3v) is 7.73. The minimum Gasteiger partial charge on any atom is -0.350 e. The lowest BCUT2D eigenvalue weighted by atomic mass is 9.49. The van der Waals surface area contributed by atoms with Gasteiger partial charge in [-0.2, -0.15) is 0 Å². The number of amides is 1. The molecule has 1 aromatic heterocycles. The number of likely N-dealkylation sites (tertiary alicyclic amines) is 1. The van der Waals surface area contributed by atoms with Crippen molar-refractivity contribution in [1.29, 1.82) is 0 Å². The van der Waals surface area contributed by atoms with Crippen LogP contribution in [0.4, 0.5) is 0 Å². The second-order valence-corrected chi connectivity index (χ2v) is 9.41. The Hall–Kier alpha value is -1.68. The van der Waals surface area contributed by atoms with Crippen LogP contribution >= 0.6 is 0 Å². The van der Waals surface area contributed by atoms with Gasteiger partial charge in [0, 0.05) is 31.7 Å². The van der Waals surface area contributed by atoms with E-state index in [2.05, 4.69) is 35.1 Å².